The first kappa shape index (κ1) is 15.1. The van der Waals surface area contributed by atoms with E-state index >= 15 is 0 Å². The Morgan fingerprint density at radius 2 is 2.00 bits per heavy atom. The maximum absolute atomic E-state index is 12.6. The summed E-state index contributed by atoms with van der Waals surface area (Å²) in [7, 11) is 0. The third-order valence-electron chi connectivity index (χ3n) is 3.92. The maximum atomic E-state index is 12.6. The molecule has 5 heteroatoms. The largest absolute Gasteiger partial charge is 0.461 e. The molecule has 0 aliphatic heterocycles. The van der Waals surface area contributed by atoms with Crippen molar-refractivity contribution in [1.82, 2.24) is 0 Å². The van der Waals surface area contributed by atoms with Gasteiger partial charge in [0.1, 0.15) is 11.1 Å². The Kier molecular flexibility index (Phi) is 3.78. The SMILES string of the molecule is CCc1cc(N)cc2oc(=O)c(C(=O)c3ccco3)c(CC)c12. The van der Waals surface area contributed by atoms with Crippen molar-refractivity contribution in [2.45, 2.75) is 26.7 Å². The molecule has 0 unspecified atom stereocenters. The molecule has 23 heavy (non-hydrogen) atoms. The predicted molar refractivity (Wildman–Crippen MR) is 87.8 cm³/mol. The number of carbonyl (C=O) groups is 1. The van der Waals surface area contributed by atoms with Gasteiger partial charge in [-0.15, -0.1) is 0 Å². The minimum absolute atomic E-state index is 0.0365. The monoisotopic (exact) mass is 311 g/mol. The lowest BCUT2D eigenvalue weighted by molar-refractivity contribution is 0.100. The molecule has 2 heterocycles. The molecule has 0 saturated carbocycles. The van der Waals surface area contributed by atoms with Crippen molar-refractivity contribution >= 4 is 22.4 Å². The number of nitrogens with two attached hydrogens (primary N) is 1. The first-order valence-electron chi connectivity index (χ1n) is 7.53. The van der Waals surface area contributed by atoms with Crippen LogP contribution in [0.15, 0.2) is 44.2 Å². The lowest BCUT2D eigenvalue weighted by Gasteiger charge is -2.12. The molecule has 0 aliphatic rings. The number of hydrogen-bond acceptors (Lipinski definition) is 5. The highest BCUT2D eigenvalue weighted by Crippen LogP contribution is 2.28. The van der Waals surface area contributed by atoms with Gasteiger partial charge in [0.15, 0.2) is 5.76 Å². The summed E-state index contributed by atoms with van der Waals surface area (Å²) < 4.78 is 10.5. The van der Waals surface area contributed by atoms with Gasteiger partial charge in [-0.25, -0.2) is 4.79 Å². The van der Waals surface area contributed by atoms with Gasteiger partial charge in [0, 0.05) is 17.1 Å². The molecule has 118 valence electrons. The molecule has 2 aromatic heterocycles. The van der Waals surface area contributed by atoms with Crippen LogP contribution in [0.5, 0.6) is 0 Å². The highest BCUT2D eigenvalue weighted by atomic mass is 16.4. The minimum Gasteiger partial charge on any atom is -0.461 e. The summed E-state index contributed by atoms with van der Waals surface area (Å²) in [6, 6.07) is 6.62. The lowest BCUT2D eigenvalue weighted by atomic mass is 9.94. The number of furan rings is 1. The molecule has 0 spiro atoms. The second-order valence-electron chi connectivity index (χ2n) is 5.31. The summed E-state index contributed by atoms with van der Waals surface area (Å²) in [5.74, 6) is -0.332. The number of ketones is 1. The molecule has 0 bridgehead atoms. The van der Waals surface area contributed by atoms with Crippen LogP contribution in [0.1, 0.15) is 41.1 Å². The van der Waals surface area contributed by atoms with Crippen LogP contribution in [0.4, 0.5) is 5.69 Å². The van der Waals surface area contributed by atoms with Crippen LogP contribution in [-0.2, 0) is 12.8 Å². The lowest BCUT2D eigenvalue weighted by Crippen LogP contribution is -2.18. The van der Waals surface area contributed by atoms with Crippen molar-refractivity contribution in [3.8, 4) is 0 Å². The second kappa shape index (κ2) is 5.76. The van der Waals surface area contributed by atoms with E-state index in [9.17, 15) is 9.59 Å². The van der Waals surface area contributed by atoms with Crippen LogP contribution in [0.25, 0.3) is 11.0 Å². The first-order chi connectivity index (χ1) is 11.1. The fourth-order valence-corrected chi connectivity index (χ4v) is 2.91. The Labute approximate surface area is 132 Å². The molecule has 0 amide bonds. The molecular weight excluding hydrogens is 294 g/mol. The van der Waals surface area contributed by atoms with Gasteiger partial charge >= 0.3 is 5.63 Å². The summed E-state index contributed by atoms with van der Waals surface area (Å²) >= 11 is 0. The molecule has 0 atom stereocenters. The normalized spacial score (nSPS) is 11.0. The number of rotatable bonds is 4. The van der Waals surface area contributed by atoms with Gasteiger partial charge in [-0.05, 0) is 42.2 Å². The Morgan fingerprint density at radius 1 is 1.22 bits per heavy atom. The van der Waals surface area contributed by atoms with Crippen molar-refractivity contribution < 1.29 is 13.6 Å². The minimum atomic E-state index is -0.664. The van der Waals surface area contributed by atoms with E-state index in [4.69, 9.17) is 14.6 Å². The highest BCUT2D eigenvalue weighted by Gasteiger charge is 2.24. The maximum Gasteiger partial charge on any atom is 0.348 e. The number of anilines is 1. The van der Waals surface area contributed by atoms with E-state index in [2.05, 4.69) is 0 Å². The Morgan fingerprint density at radius 3 is 2.61 bits per heavy atom. The Hall–Kier alpha value is -2.82. The van der Waals surface area contributed by atoms with Crippen LogP contribution in [0.2, 0.25) is 0 Å². The zero-order chi connectivity index (χ0) is 16.6. The van der Waals surface area contributed by atoms with Crippen molar-refractivity contribution in [2.75, 3.05) is 5.73 Å². The van der Waals surface area contributed by atoms with Crippen LogP contribution in [0.3, 0.4) is 0 Å². The average molecular weight is 311 g/mol. The molecule has 3 rings (SSSR count). The molecule has 2 N–H and O–H groups in total. The zero-order valence-corrected chi connectivity index (χ0v) is 13.0. The van der Waals surface area contributed by atoms with E-state index in [1.54, 1.807) is 12.1 Å². The van der Waals surface area contributed by atoms with Gasteiger partial charge < -0.3 is 14.6 Å². The molecule has 0 aliphatic carbocycles. The third-order valence-corrected chi connectivity index (χ3v) is 3.92. The number of aryl methyl sites for hydroxylation is 2. The van der Waals surface area contributed by atoms with E-state index in [0.29, 0.717) is 23.3 Å². The topological polar surface area (TPSA) is 86.4 Å². The number of benzene rings is 1. The standard InChI is InChI=1S/C18H17NO4/c1-3-10-8-11(19)9-14-15(10)12(4-2)16(18(21)23-14)17(20)13-6-5-7-22-13/h5-9H,3-4,19H2,1-2H3. The number of fused-ring (bicyclic) bond motifs is 1. The number of carbonyl (C=O) groups excluding carboxylic acids is 1. The molecule has 0 fully saturated rings. The molecule has 1 aromatic carbocycles. The van der Waals surface area contributed by atoms with Gasteiger partial charge in [0.2, 0.25) is 5.78 Å². The zero-order valence-electron chi connectivity index (χ0n) is 13.0. The molecule has 3 aromatic rings. The Balaban J connectivity index is 2.39. The molecule has 5 nitrogen and oxygen atoms in total. The van der Waals surface area contributed by atoms with E-state index in [1.165, 1.54) is 12.3 Å². The van der Waals surface area contributed by atoms with Crippen LogP contribution in [0, 0.1) is 0 Å². The van der Waals surface area contributed by atoms with E-state index in [1.807, 2.05) is 19.9 Å². The summed E-state index contributed by atoms with van der Waals surface area (Å²) in [5, 5.41) is 0.790. The van der Waals surface area contributed by atoms with E-state index in [0.717, 1.165) is 17.4 Å². The smallest absolute Gasteiger partial charge is 0.348 e. The van der Waals surface area contributed by atoms with Crippen molar-refractivity contribution in [1.29, 1.82) is 0 Å². The van der Waals surface area contributed by atoms with Crippen molar-refractivity contribution in [2.24, 2.45) is 0 Å². The fraction of sp³-hybridized carbons (Fsp3) is 0.222. The average Bonchev–Trinajstić information content (AvgIpc) is 3.06. The summed E-state index contributed by atoms with van der Waals surface area (Å²) in [5.41, 5.74) is 7.82. The van der Waals surface area contributed by atoms with Gasteiger partial charge in [0.05, 0.1) is 6.26 Å². The molecule has 0 saturated heterocycles. The van der Waals surface area contributed by atoms with E-state index in [-0.39, 0.29) is 11.3 Å². The van der Waals surface area contributed by atoms with Crippen LogP contribution < -0.4 is 11.4 Å². The van der Waals surface area contributed by atoms with Gasteiger partial charge in [0.25, 0.3) is 0 Å². The summed E-state index contributed by atoms with van der Waals surface area (Å²) in [6.45, 7) is 3.90. The second-order valence-corrected chi connectivity index (χ2v) is 5.31. The molecular formula is C18H17NO4. The first-order valence-corrected chi connectivity index (χ1v) is 7.53. The third kappa shape index (κ3) is 2.44. The van der Waals surface area contributed by atoms with E-state index < -0.39 is 11.4 Å². The quantitative estimate of drug-likeness (QED) is 0.454. The fourth-order valence-electron chi connectivity index (χ4n) is 2.91. The summed E-state index contributed by atoms with van der Waals surface area (Å²) in [6.07, 6.45) is 2.65. The summed E-state index contributed by atoms with van der Waals surface area (Å²) in [4.78, 5) is 25.0. The van der Waals surface area contributed by atoms with Crippen LogP contribution >= 0.6 is 0 Å². The van der Waals surface area contributed by atoms with Crippen molar-refractivity contribution in [3.63, 3.8) is 0 Å². The Bertz CT molecular complexity index is 936. The van der Waals surface area contributed by atoms with Crippen molar-refractivity contribution in [3.05, 3.63) is 63.4 Å². The number of hydrogen-bond donors (Lipinski definition) is 1. The van der Waals surface area contributed by atoms with Gasteiger partial charge in [-0.3, -0.25) is 4.79 Å². The van der Waals surface area contributed by atoms with Gasteiger partial charge in [-0.1, -0.05) is 13.8 Å². The van der Waals surface area contributed by atoms with Gasteiger partial charge in [-0.2, -0.15) is 0 Å². The molecule has 0 radical (unpaired) electrons. The van der Waals surface area contributed by atoms with Crippen LogP contribution in [-0.4, -0.2) is 5.78 Å². The predicted octanol–water partition coefficient (Wildman–Crippen LogP) is 3.32. The number of nitrogen functional groups attached to an aromatic ring is 1. The highest BCUT2D eigenvalue weighted by molar-refractivity contribution is 6.10.